The number of rotatable bonds is 5. The van der Waals surface area contributed by atoms with Crippen molar-refractivity contribution in [2.75, 3.05) is 18.4 Å². The molecular formula is C30H30ClFN3O4S+. The van der Waals surface area contributed by atoms with Crippen LogP contribution >= 0.6 is 11.6 Å². The molecule has 2 N–H and O–H groups in total. The lowest BCUT2D eigenvalue weighted by Crippen LogP contribution is -2.67. The van der Waals surface area contributed by atoms with Gasteiger partial charge in [0.2, 0.25) is 0 Å². The maximum Gasteiger partial charge on any atom is 0.339 e. The zero-order chi connectivity index (χ0) is 28.3. The molecule has 2 fully saturated rings. The first-order valence-corrected chi connectivity index (χ1v) is 15.3. The van der Waals surface area contributed by atoms with Gasteiger partial charge in [-0.1, -0.05) is 17.7 Å². The number of hydrogen-bond donors (Lipinski definition) is 2. The van der Waals surface area contributed by atoms with Crippen LogP contribution in [0.2, 0.25) is 5.02 Å². The van der Waals surface area contributed by atoms with Crippen molar-refractivity contribution >= 4 is 44.8 Å². The Balaban J connectivity index is 1.57. The molecule has 1 saturated heterocycles. The van der Waals surface area contributed by atoms with E-state index in [1.54, 1.807) is 42.5 Å². The largest absolute Gasteiger partial charge is 0.339 e. The highest BCUT2D eigenvalue weighted by Crippen LogP contribution is 2.62. The quantitative estimate of drug-likeness (QED) is 0.394. The van der Waals surface area contributed by atoms with E-state index in [1.807, 2.05) is 0 Å². The number of nitrogens with zero attached hydrogens (tertiary/aromatic N) is 1. The van der Waals surface area contributed by atoms with E-state index < -0.39 is 37.1 Å². The SMILES string of the molecule is CC(=O)[N+]1(S(=O)(=O)c2ccc(F)cc2)c2ccc(C(=O)Nc3cccc(Cl)c3)cc2C2(CCNCC2)C1C1CC1. The Kier molecular flexibility index (Phi) is 6.61. The summed E-state index contributed by atoms with van der Waals surface area (Å²) in [5.41, 5.74) is 1.39. The number of piperidine rings is 1. The number of anilines is 1. The number of amides is 2. The fourth-order valence-electron chi connectivity index (χ4n) is 6.98. The van der Waals surface area contributed by atoms with Gasteiger partial charge < -0.3 is 10.6 Å². The molecule has 2 heterocycles. The van der Waals surface area contributed by atoms with Gasteiger partial charge in [-0.15, -0.1) is 3.89 Å². The molecule has 0 radical (unpaired) electrons. The summed E-state index contributed by atoms with van der Waals surface area (Å²) in [5, 5.41) is 6.74. The standard InChI is InChI=1S/C30H29ClFN3O4S/c1-19(36)35(40(38,39)25-10-8-23(32)9-11-25)27-12-7-21(29(37)34-24-4-2-3-22(31)18-24)17-26(27)30(13-15-33-16-14-30)28(35)20-5-6-20/h2-4,7-12,17-18,20,28,33H,5-6,13-16H2,1H3/p+1. The third-order valence-corrected chi connectivity index (χ3v) is 11.3. The maximum absolute atomic E-state index is 14.7. The van der Waals surface area contributed by atoms with E-state index in [0.29, 0.717) is 47.9 Å². The lowest BCUT2D eigenvalue weighted by atomic mass is 9.68. The summed E-state index contributed by atoms with van der Waals surface area (Å²) < 4.78 is 42.3. The molecule has 0 aromatic heterocycles. The van der Waals surface area contributed by atoms with Crippen LogP contribution in [0, 0.1) is 11.7 Å². The van der Waals surface area contributed by atoms with Gasteiger partial charge in [0.25, 0.3) is 5.91 Å². The van der Waals surface area contributed by atoms with Gasteiger partial charge in [0.1, 0.15) is 16.8 Å². The third kappa shape index (κ3) is 4.02. The predicted molar refractivity (Wildman–Crippen MR) is 152 cm³/mol. The summed E-state index contributed by atoms with van der Waals surface area (Å²) >= 11 is 6.09. The van der Waals surface area contributed by atoms with Crippen molar-refractivity contribution in [3.05, 3.63) is 88.7 Å². The lowest BCUT2D eigenvalue weighted by molar-refractivity contribution is -0.126. The molecule has 2 aliphatic heterocycles. The zero-order valence-corrected chi connectivity index (χ0v) is 23.6. The monoisotopic (exact) mass is 582 g/mol. The Morgan fingerprint density at radius 2 is 1.73 bits per heavy atom. The summed E-state index contributed by atoms with van der Waals surface area (Å²) in [6.07, 6.45) is 2.91. The van der Waals surface area contributed by atoms with E-state index >= 15 is 0 Å². The molecule has 7 nitrogen and oxygen atoms in total. The predicted octanol–water partition coefficient (Wildman–Crippen LogP) is 5.39. The molecule has 6 rings (SSSR count). The number of hydrogen-bond acceptors (Lipinski definition) is 5. The van der Waals surface area contributed by atoms with Crippen LogP contribution in [-0.2, 0) is 20.2 Å². The highest BCUT2D eigenvalue weighted by molar-refractivity contribution is 7.91. The lowest BCUT2D eigenvalue weighted by Gasteiger charge is -2.43. The molecular weight excluding hydrogens is 553 g/mol. The van der Waals surface area contributed by atoms with Gasteiger partial charge in [-0.25, -0.2) is 9.18 Å². The Labute approximate surface area is 238 Å². The number of nitrogens with one attached hydrogen (secondary N) is 2. The Hall–Kier alpha value is -3.11. The van der Waals surface area contributed by atoms with Crippen LogP contribution in [0.5, 0.6) is 0 Å². The van der Waals surface area contributed by atoms with Crippen LogP contribution in [0.15, 0.2) is 71.6 Å². The number of carbonyl (C=O) groups is 2. The van der Waals surface area contributed by atoms with Crippen LogP contribution in [0.25, 0.3) is 0 Å². The first-order valence-electron chi connectivity index (χ1n) is 13.4. The molecule has 3 aromatic carbocycles. The van der Waals surface area contributed by atoms with Crippen molar-refractivity contribution in [2.45, 2.75) is 49.0 Å². The van der Waals surface area contributed by atoms with Crippen molar-refractivity contribution in [1.82, 2.24) is 9.21 Å². The summed E-state index contributed by atoms with van der Waals surface area (Å²) in [7, 11) is -4.36. The van der Waals surface area contributed by atoms with Crippen molar-refractivity contribution in [1.29, 1.82) is 0 Å². The number of carbonyl (C=O) groups excluding carboxylic acids is 2. The van der Waals surface area contributed by atoms with Gasteiger partial charge in [0, 0.05) is 33.8 Å². The number of sulfonamides is 1. The zero-order valence-electron chi connectivity index (χ0n) is 22.0. The second-order valence-electron chi connectivity index (χ2n) is 11.0. The molecule has 2 unspecified atom stereocenters. The van der Waals surface area contributed by atoms with Gasteiger partial charge in [0.05, 0.1) is 12.3 Å². The Bertz CT molecular complexity index is 1620. The Morgan fingerprint density at radius 1 is 1.02 bits per heavy atom. The smallest absolute Gasteiger partial charge is 0.322 e. The molecule has 2 atom stereocenters. The minimum absolute atomic E-state index is 0.0216. The fraction of sp³-hybridized carbons (Fsp3) is 0.333. The summed E-state index contributed by atoms with van der Waals surface area (Å²) in [4.78, 5) is 27.2. The summed E-state index contributed by atoms with van der Waals surface area (Å²) in [6.45, 7) is 2.66. The average molecular weight is 583 g/mol. The first kappa shape index (κ1) is 27.1. The highest BCUT2D eigenvalue weighted by Gasteiger charge is 2.73. The second-order valence-corrected chi connectivity index (χ2v) is 13.4. The van der Waals surface area contributed by atoms with Gasteiger partial charge in [-0.05, 0) is 93.4 Å². The van der Waals surface area contributed by atoms with Crippen LogP contribution in [-0.4, -0.2) is 39.4 Å². The van der Waals surface area contributed by atoms with Gasteiger partial charge in [-0.2, -0.15) is 8.42 Å². The molecule has 10 heteroatoms. The van der Waals surface area contributed by atoms with Gasteiger partial charge >= 0.3 is 15.9 Å². The van der Waals surface area contributed by atoms with Crippen molar-refractivity contribution in [2.24, 2.45) is 5.92 Å². The number of halogens is 2. The molecule has 2 amide bonds. The highest BCUT2D eigenvalue weighted by atomic mass is 35.5. The van der Waals surface area contributed by atoms with Crippen molar-refractivity contribution in [3.63, 3.8) is 0 Å². The molecule has 0 bridgehead atoms. The van der Waals surface area contributed by atoms with E-state index in [1.165, 1.54) is 19.1 Å². The van der Waals surface area contributed by atoms with Crippen LogP contribution in [0.4, 0.5) is 15.8 Å². The van der Waals surface area contributed by atoms with Gasteiger partial charge in [0.15, 0.2) is 5.69 Å². The van der Waals surface area contributed by atoms with E-state index in [9.17, 15) is 22.4 Å². The van der Waals surface area contributed by atoms with Crippen LogP contribution in [0.1, 0.15) is 48.5 Å². The maximum atomic E-state index is 14.7. The molecule has 1 spiro atoms. The van der Waals surface area contributed by atoms with E-state index in [-0.39, 0.29) is 16.7 Å². The number of quaternary nitrogens is 1. The normalized spacial score (nSPS) is 23.5. The first-order chi connectivity index (χ1) is 19.1. The van der Waals surface area contributed by atoms with Gasteiger partial charge in [-0.3, -0.25) is 4.79 Å². The second kappa shape index (κ2) is 9.76. The van der Waals surface area contributed by atoms with E-state index in [4.69, 9.17) is 11.6 Å². The van der Waals surface area contributed by atoms with Crippen LogP contribution in [0.3, 0.4) is 0 Å². The molecule has 208 valence electrons. The average Bonchev–Trinajstić information content (AvgIpc) is 3.73. The van der Waals surface area contributed by atoms with Crippen molar-refractivity contribution < 1.29 is 22.4 Å². The summed E-state index contributed by atoms with van der Waals surface area (Å²) in [6, 6.07) is 16.0. The number of fused-ring (bicyclic) bond motifs is 2. The molecule has 40 heavy (non-hydrogen) atoms. The third-order valence-electron chi connectivity index (χ3n) is 8.72. The topological polar surface area (TPSA) is 92.3 Å². The van der Waals surface area contributed by atoms with Crippen LogP contribution < -0.4 is 14.5 Å². The minimum atomic E-state index is -4.36. The molecule has 1 saturated carbocycles. The Morgan fingerprint density at radius 3 is 2.35 bits per heavy atom. The van der Waals surface area contributed by atoms with E-state index in [0.717, 1.165) is 30.5 Å². The number of benzene rings is 3. The molecule has 3 aliphatic rings. The van der Waals surface area contributed by atoms with Crippen molar-refractivity contribution in [3.8, 4) is 0 Å². The fourth-order valence-corrected chi connectivity index (χ4v) is 9.41. The summed E-state index contributed by atoms with van der Waals surface area (Å²) in [5.74, 6) is -1.40. The molecule has 3 aromatic rings. The van der Waals surface area contributed by atoms with E-state index in [2.05, 4.69) is 10.6 Å². The minimum Gasteiger partial charge on any atom is -0.322 e. The molecule has 1 aliphatic carbocycles.